The van der Waals surface area contributed by atoms with Crippen LogP contribution in [0.25, 0.3) is 0 Å². The van der Waals surface area contributed by atoms with E-state index in [0.717, 1.165) is 5.56 Å². The standard InChI is InChI=1S/C14H22N2O2/c1-9(2)15-14(18)11(4)16-10(3)12-5-7-13(17)8-6-12/h5-11,16-17H,1-4H3,(H,15,18). The van der Waals surface area contributed by atoms with Crippen molar-refractivity contribution < 1.29 is 9.90 Å². The number of hydrogen-bond acceptors (Lipinski definition) is 3. The molecule has 2 atom stereocenters. The van der Waals surface area contributed by atoms with Gasteiger partial charge in [0.05, 0.1) is 6.04 Å². The van der Waals surface area contributed by atoms with Gasteiger partial charge in [-0.2, -0.15) is 0 Å². The van der Waals surface area contributed by atoms with E-state index < -0.39 is 0 Å². The van der Waals surface area contributed by atoms with E-state index in [1.807, 2.05) is 39.8 Å². The summed E-state index contributed by atoms with van der Waals surface area (Å²) < 4.78 is 0. The summed E-state index contributed by atoms with van der Waals surface area (Å²) in [4.78, 5) is 11.8. The predicted molar refractivity (Wildman–Crippen MR) is 72.4 cm³/mol. The number of phenols is 1. The number of hydrogen-bond donors (Lipinski definition) is 3. The Bertz CT molecular complexity index is 387. The quantitative estimate of drug-likeness (QED) is 0.748. The van der Waals surface area contributed by atoms with Gasteiger partial charge in [0.1, 0.15) is 5.75 Å². The van der Waals surface area contributed by atoms with E-state index in [9.17, 15) is 9.90 Å². The van der Waals surface area contributed by atoms with Crippen LogP contribution >= 0.6 is 0 Å². The van der Waals surface area contributed by atoms with Crippen LogP contribution in [-0.4, -0.2) is 23.1 Å². The molecule has 3 N–H and O–H groups in total. The zero-order valence-electron chi connectivity index (χ0n) is 11.4. The number of rotatable bonds is 5. The van der Waals surface area contributed by atoms with Crippen LogP contribution in [0.3, 0.4) is 0 Å². The number of phenolic OH excluding ortho intramolecular Hbond substituents is 1. The van der Waals surface area contributed by atoms with Crippen LogP contribution < -0.4 is 10.6 Å². The monoisotopic (exact) mass is 250 g/mol. The summed E-state index contributed by atoms with van der Waals surface area (Å²) >= 11 is 0. The molecule has 4 heteroatoms. The zero-order chi connectivity index (χ0) is 13.7. The van der Waals surface area contributed by atoms with E-state index >= 15 is 0 Å². The topological polar surface area (TPSA) is 61.4 Å². The van der Waals surface area contributed by atoms with Crippen molar-refractivity contribution in [2.24, 2.45) is 0 Å². The van der Waals surface area contributed by atoms with Crippen molar-refractivity contribution in [3.63, 3.8) is 0 Å². The zero-order valence-corrected chi connectivity index (χ0v) is 11.4. The van der Waals surface area contributed by atoms with Gasteiger partial charge < -0.3 is 10.4 Å². The van der Waals surface area contributed by atoms with Gasteiger partial charge in [0.15, 0.2) is 0 Å². The molecule has 0 saturated heterocycles. The third-order valence-corrected chi connectivity index (χ3v) is 2.72. The number of nitrogens with one attached hydrogen (secondary N) is 2. The number of benzene rings is 1. The molecule has 0 bridgehead atoms. The molecule has 0 radical (unpaired) electrons. The minimum absolute atomic E-state index is 0.00405. The second kappa shape index (κ2) is 6.40. The van der Waals surface area contributed by atoms with Crippen molar-refractivity contribution in [1.82, 2.24) is 10.6 Å². The Balaban J connectivity index is 2.56. The predicted octanol–water partition coefficient (Wildman–Crippen LogP) is 1.96. The van der Waals surface area contributed by atoms with Crippen LogP contribution in [0, 0.1) is 0 Å². The van der Waals surface area contributed by atoms with E-state index in [2.05, 4.69) is 10.6 Å². The molecular weight excluding hydrogens is 228 g/mol. The Kier molecular flexibility index (Phi) is 5.16. The first-order valence-electron chi connectivity index (χ1n) is 6.25. The van der Waals surface area contributed by atoms with Gasteiger partial charge >= 0.3 is 0 Å². The van der Waals surface area contributed by atoms with E-state index in [1.54, 1.807) is 12.1 Å². The highest BCUT2D eigenvalue weighted by Crippen LogP contribution is 2.16. The number of carbonyl (C=O) groups is 1. The van der Waals surface area contributed by atoms with E-state index in [-0.39, 0.29) is 29.8 Å². The number of amides is 1. The Labute approximate surface area is 108 Å². The van der Waals surface area contributed by atoms with E-state index in [4.69, 9.17) is 0 Å². The van der Waals surface area contributed by atoms with Crippen molar-refractivity contribution in [3.8, 4) is 5.75 Å². The van der Waals surface area contributed by atoms with Gasteiger partial charge in [0.25, 0.3) is 0 Å². The Hall–Kier alpha value is -1.55. The van der Waals surface area contributed by atoms with Crippen LogP contribution in [0.4, 0.5) is 0 Å². The first-order valence-corrected chi connectivity index (χ1v) is 6.25. The molecule has 0 saturated carbocycles. The Morgan fingerprint density at radius 2 is 1.67 bits per heavy atom. The molecule has 0 spiro atoms. The maximum Gasteiger partial charge on any atom is 0.237 e. The second-order valence-corrected chi connectivity index (χ2v) is 4.86. The molecular formula is C14H22N2O2. The van der Waals surface area contributed by atoms with Crippen LogP contribution in [-0.2, 0) is 4.79 Å². The minimum atomic E-state index is -0.254. The minimum Gasteiger partial charge on any atom is -0.508 e. The highest BCUT2D eigenvalue weighted by Gasteiger charge is 2.16. The molecule has 1 rings (SSSR count). The van der Waals surface area contributed by atoms with Crippen LogP contribution in [0.15, 0.2) is 24.3 Å². The summed E-state index contributed by atoms with van der Waals surface area (Å²) in [6, 6.07) is 6.93. The van der Waals surface area contributed by atoms with Crippen LogP contribution in [0.5, 0.6) is 5.75 Å². The molecule has 4 nitrogen and oxygen atoms in total. The Morgan fingerprint density at radius 3 is 2.17 bits per heavy atom. The van der Waals surface area contributed by atoms with Crippen molar-refractivity contribution in [2.45, 2.75) is 45.8 Å². The second-order valence-electron chi connectivity index (χ2n) is 4.86. The molecule has 1 aromatic carbocycles. The van der Waals surface area contributed by atoms with Crippen molar-refractivity contribution in [2.75, 3.05) is 0 Å². The van der Waals surface area contributed by atoms with Gasteiger partial charge in [-0.1, -0.05) is 12.1 Å². The average Bonchev–Trinajstić information content (AvgIpc) is 2.28. The molecule has 0 aliphatic heterocycles. The summed E-state index contributed by atoms with van der Waals surface area (Å²) in [5.74, 6) is 0.243. The first-order chi connectivity index (χ1) is 8.40. The molecule has 0 aliphatic carbocycles. The highest BCUT2D eigenvalue weighted by atomic mass is 16.3. The van der Waals surface area contributed by atoms with Gasteiger partial charge in [-0.3, -0.25) is 10.1 Å². The van der Waals surface area contributed by atoms with Gasteiger partial charge in [-0.25, -0.2) is 0 Å². The van der Waals surface area contributed by atoms with Crippen molar-refractivity contribution in [3.05, 3.63) is 29.8 Å². The molecule has 100 valence electrons. The molecule has 0 aromatic heterocycles. The van der Waals surface area contributed by atoms with Crippen molar-refractivity contribution >= 4 is 5.91 Å². The van der Waals surface area contributed by atoms with Crippen LogP contribution in [0.2, 0.25) is 0 Å². The lowest BCUT2D eigenvalue weighted by Gasteiger charge is -2.21. The fourth-order valence-electron chi connectivity index (χ4n) is 1.72. The van der Waals surface area contributed by atoms with Gasteiger partial charge in [0, 0.05) is 12.1 Å². The summed E-state index contributed by atoms with van der Waals surface area (Å²) in [6.45, 7) is 7.71. The highest BCUT2D eigenvalue weighted by molar-refractivity contribution is 5.81. The lowest BCUT2D eigenvalue weighted by Crippen LogP contribution is -2.45. The summed E-state index contributed by atoms with van der Waals surface area (Å²) in [7, 11) is 0. The maximum absolute atomic E-state index is 11.8. The largest absolute Gasteiger partial charge is 0.508 e. The van der Waals surface area contributed by atoms with E-state index in [0.29, 0.717) is 0 Å². The summed E-state index contributed by atoms with van der Waals surface area (Å²) in [5.41, 5.74) is 1.04. The normalized spacial score (nSPS) is 14.3. The van der Waals surface area contributed by atoms with Crippen LogP contribution in [0.1, 0.15) is 39.3 Å². The summed E-state index contributed by atoms with van der Waals surface area (Å²) in [6.07, 6.45) is 0. The van der Waals surface area contributed by atoms with Gasteiger partial charge in [-0.15, -0.1) is 0 Å². The van der Waals surface area contributed by atoms with Gasteiger partial charge in [-0.05, 0) is 45.4 Å². The lowest BCUT2D eigenvalue weighted by atomic mass is 10.1. The van der Waals surface area contributed by atoms with E-state index in [1.165, 1.54) is 0 Å². The first kappa shape index (κ1) is 14.5. The number of aromatic hydroxyl groups is 1. The fourth-order valence-corrected chi connectivity index (χ4v) is 1.72. The summed E-state index contributed by atoms with van der Waals surface area (Å²) in [5, 5.41) is 15.3. The molecule has 18 heavy (non-hydrogen) atoms. The molecule has 2 unspecified atom stereocenters. The number of carbonyl (C=O) groups excluding carboxylic acids is 1. The third-order valence-electron chi connectivity index (χ3n) is 2.72. The van der Waals surface area contributed by atoms with Gasteiger partial charge in [0.2, 0.25) is 5.91 Å². The molecule has 0 aliphatic rings. The molecule has 1 amide bonds. The lowest BCUT2D eigenvalue weighted by molar-refractivity contribution is -0.123. The smallest absolute Gasteiger partial charge is 0.237 e. The van der Waals surface area contributed by atoms with Crippen molar-refractivity contribution in [1.29, 1.82) is 0 Å². The SMILES string of the molecule is CC(C)NC(=O)C(C)NC(C)c1ccc(O)cc1. The average molecular weight is 250 g/mol. The molecule has 0 fully saturated rings. The molecule has 0 heterocycles. The molecule has 1 aromatic rings. The fraction of sp³-hybridized carbons (Fsp3) is 0.500. The maximum atomic E-state index is 11.8. The Morgan fingerprint density at radius 1 is 1.11 bits per heavy atom. The third kappa shape index (κ3) is 4.37.